The summed E-state index contributed by atoms with van der Waals surface area (Å²) in [5.41, 5.74) is 1.45. The summed E-state index contributed by atoms with van der Waals surface area (Å²) in [5, 5.41) is 7.19. The van der Waals surface area contributed by atoms with Crippen molar-refractivity contribution in [2.24, 2.45) is 0 Å². The molecule has 0 saturated heterocycles. The van der Waals surface area contributed by atoms with Gasteiger partial charge in [-0.15, -0.1) is 0 Å². The van der Waals surface area contributed by atoms with Gasteiger partial charge in [-0.3, -0.25) is 0 Å². The number of nitrogens with zero attached hydrogens (tertiary/aromatic N) is 2. The monoisotopic (exact) mass is 219 g/mol. The van der Waals surface area contributed by atoms with Crippen molar-refractivity contribution in [3.8, 4) is 0 Å². The fourth-order valence-electron chi connectivity index (χ4n) is 1.41. The molecule has 1 aliphatic rings. The van der Waals surface area contributed by atoms with E-state index >= 15 is 0 Å². The van der Waals surface area contributed by atoms with Crippen LogP contribution in [0.1, 0.15) is 17.3 Å². The van der Waals surface area contributed by atoms with Crippen LogP contribution in [0.5, 0.6) is 0 Å². The summed E-state index contributed by atoms with van der Waals surface area (Å²) >= 11 is 0. The molecule has 0 aliphatic carbocycles. The molecular formula is C11H13N3O2. The molecule has 0 atom stereocenters. The van der Waals surface area contributed by atoms with E-state index in [-0.39, 0.29) is 5.97 Å². The van der Waals surface area contributed by atoms with Crippen molar-refractivity contribution in [3.05, 3.63) is 36.3 Å². The van der Waals surface area contributed by atoms with E-state index in [0.29, 0.717) is 18.7 Å². The zero-order chi connectivity index (χ0) is 11.4. The first-order valence-corrected chi connectivity index (χ1v) is 5.12. The van der Waals surface area contributed by atoms with Gasteiger partial charge < -0.3 is 10.1 Å². The lowest BCUT2D eigenvalue weighted by Crippen LogP contribution is -2.16. The molecule has 5 nitrogen and oxygen atoms in total. The Morgan fingerprint density at radius 3 is 3.25 bits per heavy atom. The van der Waals surface area contributed by atoms with Crippen molar-refractivity contribution in [3.63, 3.8) is 0 Å². The van der Waals surface area contributed by atoms with E-state index in [1.54, 1.807) is 17.8 Å². The number of carbonyl (C=O) groups is 1. The van der Waals surface area contributed by atoms with E-state index in [1.165, 1.54) is 6.20 Å². The van der Waals surface area contributed by atoms with Gasteiger partial charge in [0.15, 0.2) is 0 Å². The zero-order valence-corrected chi connectivity index (χ0v) is 9.01. The quantitative estimate of drug-likeness (QED) is 0.771. The third-order valence-corrected chi connectivity index (χ3v) is 2.17. The third kappa shape index (κ3) is 2.13. The standard InChI is InChI=1S/C11H13N3O2/c1-2-16-11(15)9-6-13-14(8-9)10-4-3-5-12-7-10/h3-6,8,12H,2,7H2,1H3. The van der Waals surface area contributed by atoms with Gasteiger partial charge in [0, 0.05) is 6.20 Å². The van der Waals surface area contributed by atoms with Crippen LogP contribution in [0.3, 0.4) is 0 Å². The molecule has 1 N–H and O–H groups in total. The second-order valence-corrected chi connectivity index (χ2v) is 3.29. The number of ether oxygens (including phenoxy) is 1. The van der Waals surface area contributed by atoms with Gasteiger partial charge in [-0.1, -0.05) is 0 Å². The Morgan fingerprint density at radius 2 is 2.56 bits per heavy atom. The molecule has 1 aromatic rings. The van der Waals surface area contributed by atoms with Crippen molar-refractivity contribution in [1.82, 2.24) is 15.1 Å². The van der Waals surface area contributed by atoms with E-state index in [4.69, 9.17) is 4.74 Å². The van der Waals surface area contributed by atoms with E-state index in [0.717, 1.165) is 5.70 Å². The molecule has 0 fully saturated rings. The van der Waals surface area contributed by atoms with Gasteiger partial charge >= 0.3 is 5.97 Å². The van der Waals surface area contributed by atoms with E-state index < -0.39 is 0 Å². The van der Waals surface area contributed by atoms with Crippen LogP contribution in [-0.4, -0.2) is 28.9 Å². The van der Waals surface area contributed by atoms with Crippen LogP contribution in [0, 0.1) is 0 Å². The van der Waals surface area contributed by atoms with Gasteiger partial charge in [-0.2, -0.15) is 5.10 Å². The first kappa shape index (κ1) is 10.5. The van der Waals surface area contributed by atoms with E-state index in [2.05, 4.69) is 10.4 Å². The second kappa shape index (κ2) is 4.65. The summed E-state index contributed by atoms with van der Waals surface area (Å²) in [4.78, 5) is 11.4. The lowest BCUT2D eigenvalue weighted by Gasteiger charge is -2.09. The highest BCUT2D eigenvalue weighted by atomic mass is 16.5. The van der Waals surface area contributed by atoms with Gasteiger partial charge in [0.25, 0.3) is 0 Å². The average Bonchev–Trinajstić information content (AvgIpc) is 2.80. The van der Waals surface area contributed by atoms with Crippen LogP contribution in [0.15, 0.2) is 30.7 Å². The van der Waals surface area contributed by atoms with Gasteiger partial charge in [0.2, 0.25) is 0 Å². The number of aromatic nitrogens is 2. The maximum absolute atomic E-state index is 11.4. The fraction of sp³-hybridized carbons (Fsp3) is 0.273. The molecule has 2 rings (SSSR count). The zero-order valence-electron chi connectivity index (χ0n) is 9.01. The second-order valence-electron chi connectivity index (χ2n) is 3.29. The number of nitrogens with one attached hydrogen (secondary N) is 1. The Morgan fingerprint density at radius 1 is 1.69 bits per heavy atom. The lowest BCUT2D eigenvalue weighted by molar-refractivity contribution is 0.0526. The molecule has 0 unspecified atom stereocenters. The molecule has 84 valence electrons. The lowest BCUT2D eigenvalue weighted by atomic mass is 10.3. The first-order chi connectivity index (χ1) is 7.81. The summed E-state index contributed by atoms with van der Waals surface area (Å²) in [6, 6.07) is 0. The number of esters is 1. The molecule has 0 saturated carbocycles. The molecule has 0 amide bonds. The number of hydrogen-bond donors (Lipinski definition) is 1. The molecule has 0 spiro atoms. The highest BCUT2D eigenvalue weighted by Crippen LogP contribution is 2.08. The Balaban J connectivity index is 2.16. The minimum atomic E-state index is -0.339. The van der Waals surface area contributed by atoms with Crippen molar-refractivity contribution < 1.29 is 9.53 Å². The van der Waals surface area contributed by atoms with Crippen molar-refractivity contribution >= 4 is 11.7 Å². The van der Waals surface area contributed by atoms with Crippen molar-refractivity contribution in [2.45, 2.75) is 6.92 Å². The minimum Gasteiger partial charge on any atom is -0.462 e. The molecule has 0 radical (unpaired) electrons. The maximum atomic E-state index is 11.4. The first-order valence-electron chi connectivity index (χ1n) is 5.12. The highest BCUT2D eigenvalue weighted by molar-refractivity contribution is 5.89. The third-order valence-electron chi connectivity index (χ3n) is 2.17. The Labute approximate surface area is 93.4 Å². The predicted molar refractivity (Wildman–Crippen MR) is 59.6 cm³/mol. The molecular weight excluding hydrogens is 206 g/mol. The maximum Gasteiger partial charge on any atom is 0.341 e. The molecule has 2 heterocycles. The van der Waals surface area contributed by atoms with E-state index in [1.807, 2.05) is 18.4 Å². The normalized spacial score (nSPS) is 14.2. The molecule has 1 aromatic heterocycles. The van der Waals surface area contributed by atoms with Crippen LogP contribution >= 0.6 is 0 Å². The van der Waals surface area contributed by atoms with E-state index in [9.17, 15) is 4.79 Å². The minimum absolute atomic E-state index is 0.339. The van der Waals surface area contributed by atoms with Crippen LogP contribution in [-0.2, 0) is 4.74 Å². The number of dihydropyridines is 1. The smallest absolute Gasteiger partial charge is 0.341 e. The highest BCUT2D eigenvalue weighted by Gasteiger charge is 2.11. The topological polar surface area (TPSA) is 56.1 Å². The summed E-state index contributed by atoms with van der Waals surface area (Å²) in [7, 11) is 0. The largest absolute Gasteiger partial charge is 0.462 e. The van der Waals surface area contributed by atoms with Gasteiger partial charge in [0.1, 0.15) is 0 Å². The molecule has 1 aliphatic heterocycles. The predicted octanol–water partition coefficient (Wildman–Crippen LogP) is 1.02. The van der Waals surface area contributed by atoms with Crippen LogP contribution in [0.2, 0.25) is 0 Å². The molecule has 5 heteroatoms. The van der Waals surface area contributed by atoms with Crippen LogP contribution in [0.25, 0.3) is 5.70 Å². The molecule has 16 heavy (non-hydrogen) atoms. The summed E-state index contributed by atoms with van der Waals surface area (Å²) in [6.07, 6.45) is 8.88. The SMILES string of the molecule is CCOC(=O)c1cnn(C2=CC=CNC2)c1. The summed E-state index contributed by atoms with van der Waals surface area (Å²) in [6.45, 7) is 2.85. The Bertz CT molecular complexity index is 446. The fourth-order valence-corrected chi connectivity index (χ4v) is 1.41. The van der Waals surface area contributed by atoms with Crippen molar-refractivity contribution in [1.29, 1.82) is 0 Å². The number of rotatable bonds is 3. The Kier molecular flexibility index (Phi) is 3.05. The number of hydrogen-bond acceptors (Lipinski definition) is 4. The van der Waals surface area contributed by atoms with Gasteiger partial charge in [0.05, 0.1) is 30.6 Å². The van der Waals surface area contributed by atoms with Gasteiger partial charge in [-0.05, 0) is 25.3 Å². The summed E-state index contributed by atoms with van der Waals surface area (Å²) in [5.74, 6) is -0.339. The number of carbonyl (C=O) groups excluding carboxylic acids is 1. The molecule has 0 bridgehead atoms. The van der Waals surface area contributed by atoms with Crippen LogP contribution < -0.4 is 5.32 Å². The van der Waals surface area contributed by atoms with Crippen LogP contribution in [0.4, 0.5) is 0 Å². The van der Waals surface area contributed by atoms with Gasteiger partial charge in [-0.25, -0.2) is 9.48 Å². The molecule has 0 aromatic carbocycles. The number of allylic oxidation sites excluding steroid dienone is 2. The Hall–Kier alpha value is -2.04. The van der Waals surface area contributed by atoms with Crippen molar-refractivity contribution in [2.75, 3.05) is 13.2 Å². The summed E-state index contributed by atoms with van der Waals surface area (Å²) < 4.78 is 6.56. The average molecular weight is 219 g/mol.